The lowest BCUT2D eigenvalue weighted by Gasteiger charge is -2.28. The zero-order valence-electron chi connectivity index (χ0n) is 16.9. The van der Waals surface area contributed by atoms with Crippen LogP contribution in [0.1, 0.15) is 11.3 Å². The first-order valence-electron chi connectivity index (χ1n) is 9.80. The zero-order chi connectivity index (χ0) is 23.6. The molecule has 174 valence electrons. The number of pyridine rings is 1. The van der Waals surface area contributed by atoms with Crippen molar-refractivity contribution in [1.29, 1.82) is 0 Å². The van der Waals surface area contributed by atoms with Gasteiger partial charge in [-0.2, -0.15) is 31.3 Å². The van der Waals surface area contributed by atoms with E-state index < -0.39 is 23.6 Å². The van der Waals surface area contributed by atoms with Crippen molar-refractivity contribution in [3.05, 3.63) is 59.8 Å². The summed E-state index contributed by atoms with van der Waals surface area (Å²) in [5.41, 5.74) is -1.83. The Bertz CT molecular complexity index is 1130. The molecule has 0 atom stereocenters. The van der Waals surface area contributed by atoms with Gasteiger partial charge in [-0.25, -0.2) is 9.97 Å². The fraction of sp³-hybridized carbons (Fsp3) is 0.286. The Morgan fingerprint density at radius 2 is 1.52 bits per heavy atom. The van der Waals surface area contributed by atoms with Crippen LogP contribution in [0.25, 0.3) is 11.4 Å². The molecule has 0 saturated carbocycles. The molecule has 6 nitrogen and oxygen atoms in total. The minimum atomic E-state index is -4.64. The molecule has 1 N–H and O–H groups in total. The second kappa shape index (κ2) is 8.85. The molecule has 0 amide bonds. The number of aromatic nitrogens is 3. The van der Waals surface area contributed by atoms with E-state index in [1.807, 2.05) is 4.90 Å². The van der Waals surface area contributed by atoms with Crippen LogP contribution < -0.4 is 10.2 Å². The number of rotatable bonds is 4. The number of anilines is 3. The molecule has 4 rings (SSSR count). The van der Waals surface area contributed by atoms with Crippen molar-refractivity contribution in [3.63, 3.8) is 0 Å². The molecule has 33 heavy (non-hydrogen) atoms. The number of alkyl halides is 6. The number of morpholine rings is 1. The minimum Gasteiger partial charge on any atom is -0.378 e. The highest BCUT2D eigenvalue weighted by Crippen LogP contribution is 2.33. The summed E-state index contributed by atoms with van der Waals surface area (Å²) in [5, 5.41) is 2.72. The van der Waals surface area contributed by atoms with Crippen molar-refractivity contribution in [3.8, 4) is 11.4 Å². The summed E-state index contributed by atoms with van der Waals surface area (Å²) in [5.74, 6) is 0.310. The number of nitrogens with one attached hydrogen (secondary N) is 1. The van der Waals surface area contributed by atoms with Gasteiger partial charge in [0, 0.05) is 24.8 Å². The minimum absolute atomic E-state index is 0.0474. The largest absolute Gasteiger partial charge is 0.433 e. The molecule has 0 radical (unpaired) electrons. The van der Waals surface area contributed by atoms with Crippen LogP contribution in [0, 0.1) is 0 Å². The van der Waals surface area contributed by atoms with Crippen molar-refractivity contribution in [2.24, 2.45) is 0 Å². The van der Waals surface area contributed by atoms with Gasteiger partial charge in [0.15, 0.2) is 0 Å². The van der Waals surface area contributed by atoms with Crippen LogP contribution in [0.15, 0.2) is 48.5 Å². The van der Waals surface area contributed by atoms with Crippen molar-refractivity contribution in [1.82, 2.24) is 15.0 Å². The highest BCUT2D eigenvalue weighted by molar-refractivity contribution is 5.64. The average Bonchev–Trinajstić information content (AvgIpc) is 2.79. The first kappa shape index (κ1) is 22.8. The van der Waals surface area contributed by atoms with Crippen LogP contribution in [-0.2, 0) is 17.1 Å². The topological polar surface area (TPSA) is 63.2 Å². The number of ether oxygens (including phenoxy) is 1. The highest BCUT2D eigenvalue weighted by Gasteiger charge is 2.33. The van der Waals surface area contributed by atoms with Gasteiger partial charge < -0.3 is 15.0 Å². The highest BCUT2D eigenvalue weighted by atomic mass is 19.4. The van der Waals surface area contributed by atoms with Crippen LogP contribution in [0.5, 0.6) is 0 Å². The molecule has 2 aromatic heterocycles. The summed E-state index contributed by atoms with van der Waals surface area (Å²) < 4.78 is 83.9. The van der Waals surface area contributed by atoms with E-state index in [-0.39, 0.29) is 23.0 Å². The second-order valence-corrected chi connectivity index (χ2v) is 7.14. The Balaban J connectivity index is 1.74. The monoisotopic (exact) mass is 469 g/mol. The van der Waals surface area contributed by atoms with Gasteiger partial charge in [0.25, 0.3) is 0 Å². The van der Waals surface area contributed by atoms with Gasteiger partial charge >= 0.3 is 12.4 Å². The van der Waals surface area contributed by atoms with Gasteiger partial charge in [0.2, 0.25) is 5.95 Å². The lowest BCUT2D eigenvalue weighted by molar-refractivity contribution is -0.141. The molecule has 0 unspecified atom stereocenters. The lowest BCUT2D eigenvalue weighted by atomic mass is 10.2. The predicted octanol–water partition coefficient (Wildman–Crippen LogP) is 5.16. The summed E-state index contributed by atoms with van der Waals surface area (Å²) in [4.78, 5) is 14.1. The van der Waals surface area contributed by atoms with Crippen LogP contribution >= 0.6 is 0 Å². The van der Waals surface area contributed by atoms with Crippen LogP contribution in [0.4, 0.5) is 43.8 Å². The molecule has 0 aliphatic carbocycles. The first-order valence-corrected chi connectivity index (χ1v) is 9.80. The number of nitrogens with zero attached hydrogens (tertiary/aromatic N) is 4. The number of hydrogen-bond acceptors (Lipinski definition) is 6. The molecule has 1 aliphatic rings. The Hall–Kier alpha value is -3.41. The van der Waals surface area contributed by atoms with E-state index in [0.29, 0.717) is 32.1 Å². The Morgan fingerprint density at radius 3 is 2.21 bits per heavy atom. The lowest BCUT2D eigenvalue weighted by Crippen LogP contribution is -2.36. The van der Waals surface area contributed by atoms with Gasteiger partial charge in [-0.15, -0.1) is 0 Å². The molecular formula is C21H17F6N5O. The number of halogens is 6. The number of benzene rings is 1. The standard InChI is InChI=1S/C21H17F6N5O/c22-20(23,24)13-3-1-4-14(11-13)28-19-30-16(12-18(31-19)32-7-9-33-10-8-32)15-5-2-6-17(29-15)21(25,26)27/h1-6,11-12H,7-10H2,(H,28,30,31). The van der Waals surface area contributed by atoms with E-state index >= 15 is 0 Å². The zero-order valence-corrected chi connectivity index (χ0v) is 16.9. The average molecular weight is 469 g/mol. The van der Waals surface area contributed by atoms with Crippen LogP contribution in [-0.4, -0.2) is 41.3 Å². The third-order valence-electron chi connectivity index (χ3n) is 4.80. The number of hydrogen-bond donors (Lipinski definition) is 1. The van der Waals surface area contributed by atoms with E-state index in [4.69, 9.17) is 4.74 Å². The summed E-state index contributed by atoms with van der Waals surface area (Å²) in [6.45, 7) is 1.82. The van der Waals surface area contributed by atoms with Gasteiger partial charge in [-0.1, -0.05) is 12.1 Å². The normalized spacial score (nSPS) is 14.9. The van der Waals surface area contributed by atoms with Crippen LogP contribution in [0.3, 0.4) is 0 Å². The van der Waals surface area contributed by atoms with Crippen molar-refractivity contribution in [2.45, 2.75) is 12.4 Å². The fourth-order valence-electron chi connectivity index (χ4n) is 3.21. The maximum atomic E-state index is 13.1. The van der Waals surface area contributed by atoms with E-state index in [1.54, 1.807) is 0 Å². The van der Waals surface area contributed by atoms with Crippen molar-refractivity contribution in [2.75, 3.05) is 36.5 Å². The maximum absolute atomic E-state index is 13.1. The van der Waals surface area contributed by atoms with Gasteiger partial charge in [0.1, 0.15) is 11.5 Å². The quantitative estimate of drug-likeness (QED) is 0.533. The van der Waals surface area contributed by atoms with Gasteiger partial charge in [-0.3, -0.25) is 0 Å². The molecule has 1 saturated heterocycles. The summed E-state index contributed by atoms with van der Waals surface area (Å²) >= 11 is 0. The molecule has 0 bridgehead atoms. The maximum Gasteiger partial charge on any atom is 0.433 e. The van der Waals surface area contributed by atoms with Crippen LogP contribution in [0.2, 0.25) is 0 Å². The molecule has 1 aliphatic heterocycles. The molecule has 1 fully saturated rings. The first-order chi connectivity index (χ1) is 15.6. The van der Waals surface area contributed by atoms with E-state index in [0.717, 1.165) is 18.2 Å². The Kier molecular flexibility index (Phi) is 6.11. The van der Waals surface area contributed by atoms with E-state index in [1.165, 1.54) is 30.3 Å². The third-order valence-corrected chi connectivity index (χ3v) is 4.80. The SMILES string of the molecule is FC(F)(F)c1cccc(Nc2nc(-c3cccc(C(F)(F)F)n3)cc(N3CCOCC3)n2)c1. The fourth-order valence-corrected chi connectivity index (χ4v) is 3.21. The third kappa shape index (κ3) is 5.51. The Labute approximate surface area is 184 Å². The second-order valence-electron chi connectivity index (χ2n) is 7.14. The molecule has 3 aromatic rings. The van der Waals surface area contributed by atoms with Gasteiger partial charge in [0.05, 0.1) is 30.2 Å². The Morgan fingerprint density at radius 1 is 0.788 bits per heavy atom. The van der Waals surface area contributed by atoms with E-state index in [9.17, 15) is 26.3 Å². The van der Waals surface area contributed by atoms with E-state index in [2.05, 4.69) is 20.3 Å². The molecule has 12 heteroatoms. The smallest absolute Gasteiger partial charge is 0.378 e. The summed E-state index contributed by atoms with van der Waals surface area (Å²) in [7, 11) is 0. The molecular weight excluding hydrogens is 452 g/mol. The summed E-state index contributed by atoms with van der Waals surface area (Å²) in [6.07, 6.45) is -9.18. The summed E-state index contributed by atoms with van der Waals surface area (Å²) in [6, 6.07) is 9.37. The molecule has 0 spiro atoms. The van der Waals surface area contributed by atoms with Crippen molar-refractivity contribution >= 4 is 17.5 Å². The van der Waals surface area contributed by atoms with Gasteiger partial charge in [-0.05, 0) is 30.3 Å². The molecule has 1 aromatic carbocycles. The van der Waals surface area contributed by atoms with Crippen molar-refractivity contribution < 1.29 is 31.1 Å². The predicted molar refractivity (Wildman–Crippen MR) is 108 cm³/mol. The molecule has 3 heterocycles.